The zero-order valence-electron chi connectivity index (χ0n) is 6.10. The molecule has 1 unspecified atom stereocenters. The van der Waals surface area contributed by atoms with E-state index in [0.717, 1.165) is 4.47 Å². The van der Waals surface area contributed by atoms with Crippen LogP contribution in [0.4, 0.5) is 4.39 Å². The first kappa shape index (κ1) is 10.4. The molecule has 1 aromatic rings. The Morgan fingerprint density at radius 3 is 2.83 bits per heavy atom. The van der Waals surface area contributed by atoms with Crippen molar-refractivity contribution in [2.75, 3.05) is 4.43 Å². The smallest absolute Gasteiger partial charge is 0.129 e. The Labute approximate surface area is 92.3 Å². The van der Waals surface area contributed by atoms with E-state index in [1.807, 2.05) is 22.6 Å². The molecule has 0 saturated heterocycles. The van der Waals surface area contributed by atoms with Gasteiger partial charge in [-0.05, 0) is 18.2 Å². The molecule has 0 fully saturated rings. The first-order valence-corrected chi connectivity index (χ1v) is 5.66. The van der Waals surface area contributed by atoms with Crippen molar-refractivity contribution in [2.24, 2.45) is 0 Å². The summed E-state index contributed by atoms with van der Waals surface area (Å²) in [6, 6.07) is 4.55. The molecule has 4 heteroatoms. The van der Waals surface area contributed by atoms with Gasteiger partial charge in [0.1, 0.15) is 5.82 Å². The van der Waals surface area contributed by atoms with E-state index in [1.54, 1.807) is 12.1 Å². The average Bonchev–Trinajstić information content (AvgIpc) is 2.08. The van der Waals surface area contributed by atoms with E-state index >= 15 is 0 Å². The van der Waals surface area contributed by atoms with E-state index < -0.39 is 6.10 Å². The minimum absolute atomic E-state index is 0.346. The maximum absolute atomic E-state index is 13.0. The summed E-state index contributed by atoms with van der Waals surface area (Å²) in [7, 11) is 0. The zero-order valence-corrected chi connectivity index (χ0v) is 9.84. The van der Waals surface area contributed by atoms with Gasteiger partial charge in [0.15, 0.2) is 0 Å². The topological polar surface area (TPSA) is 20.2 Å². The fourth-order valence-electron chi connectivity index (χ4n) is 0.853. The molecule has 0 aliphatic rings. The molecule has 0 saturated carbocycles. The Hall–Kier alpha value is 0.320. The molecule has 0 heterocycles. The lowest BCUT2D eigenvalue weighted by Crippen LogP contribution is -2.01. The largest absolute Gasteiger partial charge is 0.388 e. The second-order valence-corrected chi connectivity index (χ2v) is 4.13. The lowest BCUT2D eigenvalue weighted by atomic mass is 10.1. The number of rotatable bonds is 2. The van der Waals surface area contributed by atoms with Gasteiger partial charge in [-0.25, -0.2) is 4.39 Å². The maximum Gasteiger partial charge on any atom is 0.129 e. The molecule has 12 heavy (non-hydrogen) atoms. The highest BCUT2D eigenvalue weighted by Crippen LogP contribution is 2.22. The van der Waals surface area contributed by atoms with Crippen LogP contribution in [0.5, 0.6) is 0 Å². The number of hydrogen-bond acceptors (Lipinski definition) is 1. The van der Waals surface area contributed by atoms with Crippen molar-refractivity contribution in [3.05, 3.63) is 34.1 Å². The van der Waals surface area contributed by atoms with Crippen molar-refractivity contribution in [1.29, 1.82) is 0 Å². The summed E-state index contributed by atoms with van der Waals surface area (Å²) in [6.45, 7) is 0. The standard InChI is InChI=1S/C8H7BrFIO/c9-5-1-2-7(10)6(3-5)8(12)4-11/h1-3,8,12H,4H2. The highest BCUT2D eigenvalue weighted by Gasteiger charge is 2.10. The van der Waals surface area contributed by atoms with E-state index in [4.69, 9.17) is 0 Å². The van der Waals surface area contributed by atoms with E-state index in [2.05, 4.69) is 15.9 Å². The first-order valence-electron chi connectivity index (χ1n) is 3.34. The number of hydrogen-bond donors (Lipinski definition) is 1. The van der Waals surface area contributed by atoms with E-state index in [1.165, 1.54) is 6.07 Å². The summed E-state index contributed by atoms with van der Waals surface area (Å²) >= 11 is 5.23. The predicted molar refractivity (Wildman–Crippen MR) is 57.9 cm³/mol. The second-order valence-electron chi connectivity index (χ2n) is 2.34. The third-order valence-electron chi connectivity index (χ3n) is 1.46. The van der Waals surface area contributed by atoms with E-state index in [9.17, 15) is 9.50 Å². The van der Waals surface area contributed by atoms with Crippen LogP contribution in [0.15, 0.2) is 22.7 Å². The van der Waals surface area contributed by atoms with Crippen molar-refractivity contribution >= 4 is 38.5 Å². The van der Waals surface area contributed by atoms with Gasteiger partial charge in [0.05, 0.1) is 6.10 Å². The summed E-state index contributed by atoms with van der Waals surface area (Å²) in [5.41, 5.74) is 0.346. The molecule has 0 aliphatic carbocycles. The molecule has 0 bridgehead atoms. The molecular formula is C8H7BrFIO. The molecule has 1 aromatic carbocycles. The molecule has 1 nitrogen and oxygen atoms in total. The normalized spacial score (nSPS) is 13.0. The van der Waals surface area contributed by atoms with Gasteiger partial charge in [-0.1, -0.05) is 38.5 Å². The fourth-order valence-corrected chi connectivity index (χ4v) is 1.71. The third kappa shape index (κ3) is 2.40. The van der Waals surface area contributed by atoms with Gasteiger partial charge in [-0.3, -0.25) is 0 Å². The van der Waals surface area contributed by atoms with Crippen LogP contribution < -0.4 is 0 Å². The summed E-state index contributed by atoms with van der Waals surface area (Å²) in [4.78, 5) is 0. The van der Waals surface area contributed by atoms with Crippen molar-refractivity contribution in [3.63, 3.8) is 0 Å². The van der Waals surface area contributed by atoms with Gasteiger partial charge in [-0.2, -0.15) is 0 Å². The Morgan fingerprint density at radius 2 is 2.25 bits per heavy atom. The van der Waals surface area contributed by atoms with E-state index in [-0.39, 0.29) is 5.82 Å². The Morgan fingerprint density at radius 1 is 1.58 bits per heavy atom. The lowest BCUT2D eigenvalue weighted by Gasteiger charge is -2.08. The van der Waals surface area contributed by atoms with Crippen LogP contribution in [0.2, 0.25) is 0 Å². The fraction of sp³-hybridized carbons (Fsp3) is 0.250. The third-order valence-corrected chi connectivity index (χ3v) is 2.79. The molecule has 0 aromatic heterocycles. The van der Waals surface area contributed by atoms with Crippen molar-refractivity contribution in [1.82, 2.24) is 0 Å². The van der Waals surface area contributed by atoms with Crippen LogP contribution in [0.3, 0.4) is 0 Å². The minimum atomic E-state index is -0.719. The van der Waals surface area contributed by atoms with Gasteiger partial charge in [0, 0.05) is 14.5 Å². The molecule has 66 valence electrons. The monoisotopic (exact) mass is 344 g/mol. The Kier molecular flexibility index (Phi) is 3.92. The van der Waals surface area contributed by atoms with Gasteiger partial charge in [0.25, 0.3) is 0 Å². The summed E-state index contributed by atoms with van der Waals surface area (Å²) < 4.78 is 14.3. The summed E-state index contributed by atoms with van der Waals surface area (Å²) in [6.07, 6.45) is -0.719. The number of alkyl halides is 1. The average molecular weight is 345 g/mol. The zero-order chi connectivity index (χ0) is 9.14. The predicted octanol–water partition coefficient (Wildman–Crippen LogP) is 3.06. The number of benzene rings is 1. The quantitative estimate of drug-likeness (QED) is 0.645. The molecule has 0 radical (unpaired) electrons. The summed E-state index contributed by atoms with van der Waals surface area (Å²) in [5.74, 6) is -0.359. The minimum Gasteiger partial charge on any atom is -0.388 e. The van der Waals surface area contributed by atoms with E-state index in [0.29, 0.717) is 9.99 Å². The molecule has 0 amide bonds. The van der Waals surface area contributed by atoms with Crippen LogP contribution in [-0.4, -0.2) is 9.53 Å². The molecule has 0 spiro atoms. The van der Waals surface area contributed by atoms with Gasteiger partial charge < -0.3 is 5.11 Å². The van der Waals surface area contributed by atoms with Crippen LogP contribution in [0.25, 0.3) is 0 Å². The second kappa shape index (κ2) is 4.53. The van der Waals surface area contributed by atoms with Crippen LogP contribution in [-0.2, 0) is 0 Å². The van der Waals surface area contributed by atoms with Gasteiger partial charge in [-0.15, -0.1) is 0 Å². The van der Waals surface area contributed by atoms with Crippen LogP contribution in [0, 0.1) is 5.82 Å². The van der Waals surface area contributed by atoms with Gasteiger partial charge in [0.2, 0.25) is 0 Å². The number of aliphatic hydroxyl groups is 1. The highest BCUT2D eigenvalue weighted by atomic mass is 127. The van der Waals surface area contributed by atoms with Crippen molar-refractivity contribution in [3.8, 4) is 0 Å². The van der Waals surface area contributed by atoms with Crippen LogP contribution in [0.1, 0.15) is 11.7 Å². The Balaban J connectivity index is 3.04. The SMILES string of the molecule is OC(CI)c1cc(Br)ccc1F. The number of halogens is 3. The molecular weight excluding hydrogens is 338 g/mol. The van der Waals surface area contributed by atoms with Crippen molar-refractivity contribution < 1.29 is 9.50 Å². The molecule has 0 aliphatic heterocycles. The van der Waals surface area contributed by atoms with Crippen molar-refractivity contribution in [2.45, 2.75) is 6.10 Å². The first-order chi connectivity index (χ1) is 5.65. The Bertz CT molecular complexity index is 280. The molecule has 1 rings (SSSR count). The highest BCUT2D eigenvalue weighted by molar-refractivity contribution is 14.1. The lowest BCUT2D eigenvalue weighted by molar-refractivity contribution is 0.202. The molecule has 1 atom stereocenters. The molecule has 1 N–H and O–H groups in total. The summed E-state index contributed by atoms with van der Waals surface area (Å²) in [5, 5.41) is 9.37. The van der Waals surface area contributed by atoms with Gasteiger partial charge >= 0.3 is 0 Å². The maximum atomic E-state index is 13.0. The number of aliphatic hydroxyl groups excluding tert-OH is 1. The van der Waals surface area contributed by atoms with Crippen LogP contribution >= 0.6 is 38.5 Å².